The Labute approximate surface area is 283 Å². The lowest BCUT2D eigenvalue weighted by Gasteiger charge is -2.22. The second-order valence-corrected chi connectivity index (χ2v) is 13.2. The van der Waals surface area contributed by atoms with Gasteiger partial charge in [0.25, 0.3) is 0 Å². The summed E-state index contributed by atoms with van der Waals surface area (Å²) in [5.41, 5.74) is 5.07. The molecule has 8 rings (SSSR count). The molecule has 0 atom stereocenters. The van der Waals surface area contributed by atoms with Crippen LogP contribution in [0, 0.1) is 27.7 Å². The molecule has 0 unspecified atom stereocenters. The number of rotatable bonds is 3. The standard InChI is InChI=1S/C42H30F6N2/c1-23-8-12-35-30(16-23)31-17-24(2)9-13-36(31)49(35)39-21-29(27-6-5-7-28(20-27)41(43,44)45)34(42(46,47)48)22-40(39)50-37-14-10-25(3)18-32(37)33-19-26(4)11-15-38(33)50/h5-22H,1-4H3. The van der Waals surface area contributed by atoms with Gasteiger partial charge in [0.05, 0.1) is 44.6 Å². The number of halogens is 6. The minimum Gasteiger partial charge on any atom is -0.307 e. The van der Waals surface area contributed by atoms with E-state index in [0.717, 1.165) is 79.1 Å². The van der Waals surface area contributed by atoms with Crippen LogP contribution < -0.4 is 0 Å². The van der Waals surface area contributed by atoms with Crippen molar-refractivity contribution in [2.45, 2.75) is 40.0 Å². The summed E-state index contributed by atoms with van der Waals surface area (Å²) in [5.74, 6) is 0. The molecule has 0 spiro atoms. The molecule has 2 nitrogen and oxygen atoms in total. The quantitative estimate of drug-likeness (QED) is 0.165. The van der Waals surface area contributed by atoms with Gasteiger partial charge in [-0.2, -0.15) is 26.3 Å². The maximum absolute atomic E-state index is 15.3. The molecule has 0 aliphatic rings. The first-order valence-electron chi connectivity index (χ1n) is 16.2. The van der Waals surface area contributed by atoms with Gasteiger partial charge in [-0.1, -0.05) is 58.7 Å². The Bertz CT molecular complexity index is 2550. The molecule has 0 N–H and O–H groups in total. The molecule has 6 aromatic carbocycles. The van der Waals surface area contributed by atoms with Crippen LogP contribution in [0.15, 0.2) is 109 Å². The van der Waals surface area contributed by atoms with Gasteiger partial charge in [0.2, 0.25) is 0 Å². The summed E-state index contributed by atoms with van der Waals surface area (Å²) in [6, 6.07) is 30.3. The topological polar surface area (TPSA) is 9.86 Å². The first-order chi connectivity index (χ1) is 23.7. The lowest BCUT2D eigenvalue weighted by Crippen LogP contribution is -2.12. The first-order valence-corrected chi connectivity index (χ1v) is 16.2. The Morgan fingerprint density at radius 2 is 0.820 bits per heavy atom. The van der Waals surface area contributed by atoms with Crippen LogP contribution in [-0.4, -0.2) is 9.13 Å². The molecule has 8 aromatic rings. The van der Waals surface area contributed by atoms with Crippen LogP contribution in [0.4, 0.5) is 26.3 Å². The van der Waals surface area contributed by atoms with Crippen LogP contribution >= 0.6 is 0 Å². The van der Waals surface area contributed by atoms with E-state index >= 15 is 13.2 Å². The van der Waals surface area contributed by atoms with Gasteiger partial charge in [0.15, 0.2) is 0 Å². The second kappa shape index (κ2) is 11.0. The minimum absolute atomic E-state index is 0.180. The first kappa shape index (κ1) is 31.7. The number of fused-ring (bicyclic) bond motifs is 6. The molecule has 2 heterocycles. The van der Waals surface area contributed by atoms with Gasteiger partial charge in [0, 0.05) is 21.5 Å². The van der Waals surface area contributed by atoms with Crippen LogP contribution in [0.3, 0.4) is 0 Å². The summed E-state index contributed by atoms with van der Waals surface area (Å²) in [5, 5.41) is 3.62. The maximum Gasteiger partial charge on any atom is 0.417 e. The van der Waals surface area contributed by atoms with Crippen molar-refractivity contribution >= 4 is 43.6 Å². The summed E-state index contributed by atoms with van der Waals surface area (Å²) in [7, 11) is 0. The normalized spacial score (nSPS) is 12.6. The van der Waals surface area contributed by atoms with Crippen molar-refractivity contribution in [3.63, 3.8) is 0 Å². The van der Waals surface area contributed by atoms with Crippen molar-refractivity contribution in [1.82, 2.24) is 9.13 Å². The van der Waals surface area contributed by atoms with Crippen LogP contribution in [0.5, 0.6) is 0 Å². The lowest BCUT2D eigenvalue weighted by molar-refractivity contribution is -0.137. The molecule has 0 fully saturated rings. The van der Waals surface area contributed by atoms with Crippen molar-refractivity contribution in [3.05, 3.63) is 143 Å². The number of nitrogens with zero attached hydrogens (tertiary/aromatic N) is 2. The molecule has 8 heteroatoms. The zero-order valence-corrected chi connectivity index (χ0v) is 27.6. The number of benzene rings is 6. The lowest BCUT2D eigenvalue weighted by atomic mass is 9.95. The molecule has 0 radical (unpaired) electrons. The summed E-state index contributed by atoms with van der Waals surface area (Å²) in [6.45, 7) is 7.90. The van der Waals surface area contributed by atoms with E-state index in [1.165, 1.54) is 12.1 Å². The molecule has 50 heavy (non-hydrogen) atoms. The van der Waals surface area contributed by atoms with Crippen molar-refractivity contribution in [1.29, 1.82) is 0 Å². The predicted octanol–water partition coefficient (Wildman–Crippen LogP) is 12.8. The van der Waals surface area contributed by atoms with Crippen molar-refractivity contribution in [3.8, 4) is 22.5 Å². The number of hydrogen-bond donors (Lipinski definition) is 0. The fraction of sp³-hybridized carbons (Fsp3) is 0.143. The highest BCUT2D eigenvalue weighted by molar-refractivity contribution is 6.12. The Hall–Kier alpha value is -5.50. The van der Waals surface area contributed by atoms with E-state index in [4.69, 9.17) is 0 Å². The van der Waals surface area contributed by atoms with Crippen LogP contribution in [0.25, 0.3) is 66.1 Å². The van der Waals surface area contributed by atoms with E-state index in [-0.39, 0.29) is 16.8 Å². The maximum atomic E-state index is 15.3. The summed E-state index contributed by atoms with van der Waals surface area (Å²) in [4.78, 5) is 0. The third-order valence-corrected chi connectivity index (χ3v) is 9.56. The highest BCUT2D eigenvalue weighted by Gasteiger charge is 2.37. The van der Waals surface area contributed by atoms with E-state index in [1.54, 1.807) is 0 Å². The van der Waals surface area contributed by atoms with Gasteiger partial charge in [-0.25, -0.2) is 0 Å². The fourth-order valence-corrected chi connectivity index (χ4v) is 7.29. The van der Waals surface area contributed by atoms with E-state index in [1.807, 2.05) is 97.5 Å². The van der Waals surface area contributed by atoms with Crippen LogP contribution in [-0.2, 0) is 12.4 Å². The minimum atomic E-state index is -4.89. The molecule has 0 saturated heterocycles. The van der Waals surface area contributed by atoms with Crippen molar-refractivity contribution in [2.24, 2.45) is 0 Å². The van der Waals surface area contributed by atoms with Gasteiger partial charge < -0.3 is 9.13 Å². The van der Waals surface area contributed by atoms with Gasteiger partial charge in [-0.15, -0.1) is 0 Å². The van der Waals surface area contributed by atoms with Crippen LogP contribution in [0.2, 0.25) is 0 Å². The predicted molar refractivity (Wildman–Crippen MR) is 190 cm³/mol. The molecule has 2 aromatic heterocycles. The molecular formula is C42H30F6N2. The van der Waals surface area contributed by atoms with E-state index in [0.29, 0.717) is 16.7 Å². The summed E-state index contributed by atoms with van der Waals surface area (Å²) < 4.78 is 91.3. The molecule has 0 aliphatic carbocycles. The monoisotopic (exact) mass is 676 g/mol. The SMILES string of the molecule is Cc1ccc2c(c1)c1cc(C)ccc1n2-c1cc(-c2cccc(C(F)(F)F)c2)c(C(F)(F)F)cc1-n1c2ccc(C)cc2c2cc(C)ccc21. The molecule has 0 saturated carbocycles. The number of alkyl halides is 6. The largest absolute Gasteiger partial charge is 0.417 e. The molecule has 250 valence electrons. The molecular weight excluding hydrogens is 646 g/mol. The fourth-order valence-electron chi connectivity index (χ4n) is 7.29. The summed E-state index contributed by atoms with van der Waals surface area (Å²) >= 11 is 0. The third-order valence-electron chi connectivity index (χ3n) is 9.56. The Morgan fingerprint density at radius 1 is 0.420 bits per heavy atom. The zero-order chi connectivity index (χ0) is 35.3. The van der Waals surface area contributed by atoms with E-state index < -0.39 is 23.5 Å². The number of hydrogen-bond acceptors (Lipinski definition) is 0. The molecule has 0 aliphatic heterocycles. The van der Waals surface area contributed by atoms with Crippen molar-refractivity contribution in [2.75, 3.05) is 0 Å². The summed E-state index contributed by atoms with van der Waals surface area (Å²) in [6.07, 6.45) is -9.63. The smallest absolute Gasteiger partial charge is 0.307 e. The Morgan fingerprint density at radius 3 is 1.20 bits per heavy atom. The molecule has 0 amide bonds. The number of aromatic nitrogens is 2. The highest BCUT2D eigenvalue weighted by Crippen LogP contribution is 2.46. The van der Waals surface area contributed by atoms with Crippen LogP contribution in [0.1, 0.15) is 33.4 Å². The highest BCUT2D eigenvalue weighted by atomic mass is 19.4. The average molecular weight is 677 g/mol. The van der Waals surface area contributed by atoms with Crippen molar-refractivity contribution < 1.29 is 26.3 Å². The second-order valence-electron chi connectivity index (χ2n) is 13.2. The van der Waals surface area contributed by atoms with E-state index in [9.17, 15) is 13.2 Å². The molecule has 0 bridgehead atoms. The van der Waals surface area contributed by atoms with Gasteiger partial charge in [-0.3, -0.25) is 0 Å². The Kier molecular flexibility index (Phi) is 6.99. The van der Waals surface area contributed by atoms with E-state index in [2.05, 4.69) is 12.1 Å². The zero-order valence-electron chi connectivity index (χ0n) is 27.6. The van der Waals surface area contributed by atoms with Gasteiger partial charge in [0.1, 0.15) is 0 Å². The average Bonchev–Trinajstić information content (AvgIpc) is 3.54. The Balaban J connectivity index is 1.59. The number of aryl methyl sites for hydroxylation is 4. The van der Waals surface area contributed by atoms with Gasteiger partial charge in [-0.05, 0) is 112 Å². The van der Waals surface area contributed by atoms with Gasteiger partial charge >= 0.3 is 12.4 Å². The third kappa shape index (κ3) is 5.04.